The SMILES string of the molecule is CCOC(=O)c1c(N)c(C(C)=O)cn1Cc1ccccc1. The number of Topliss-reactive ketones (excluding diaryl/α,β-unsaturated/α-hetero) is 1. The number of aromatic nitrogens is 1. The summed E-state index contributed by atoms with van der Waals surface area (Å²) >= 11 is 0. The van der Waals surface area contributed by atoms with E-state index in [1.807, 2.05) is 30.3 Å². The molecule has 0 unspecified atom stereocenters. The highest BCUT2D eigenvalue weighted by Gasteiger charge is 2.22. The first-order chi connectivity index (χ1) is 10.0. The lowest BCUT2D eigenvalue weighted by atomic mass is 10.2. The number of carbonyl (C=O) groups excluding carboxylic acids is 2. The zero-order valence-corrected chi connectivity index (χ0v) is 12.1. The minimum absolute atomic E-state index is 0.176. The fourth-order valence-electron chi connectivity index (χ4n) is 2.18. The molecule has 0 radical (unpaired) electrons. The molecule has 0 aliphatic rings. The molecule has 1 aromatic carbocycles. The standard InChI is InChI=1S/C16H18N2O3/c1-3-21-16(20)15-14(17)13(11(2)19)10-18(15)9-12-7-5-4-6-8-12/h4-8,10H,3,9,17H2,1-2H3. The van der Waals surface area contributed by atoms with Gasteiger partial charge in [-0.25, -0.2) is 4.79 Å². The van der Waals surface area contributed by atoms with Gasteiger partial charge in [0.15, 0.2) is 11.5 Å². The second-order valence-electron chi connectivity index (χ2n) is 4.70. The molecule has 0 amide bonds. The number of hydrogen-bond acceptors (Lipinski definition) is 4. The molecular formula is C16H18N2O3. The first-order valence-corrected chi connectivity index (χ1v) is 6.75. The van der Waals surface area contributed by atoms with Crippen molar-refractivity contribution in [2.24, 2.45) is 0 Å². The van der Waals surface area contributed by atoms with Gasteiger partial charge in [-0.2, -0.15) is 0 Å². The van der Waals surface area contributed by atoms with Crippen molar-refractivity contribution < 1.29 is 14.3 Å². The van der Waals surface area contributed by atoms with Crippen LogP contribution in [0.15, 0.2) is 36.5 Å². The van der Waals surface area contributed by atoms with Crippen LogP contribution in [0.4, 0.5) is 5.69 Å². The quantitative estimate of drug-likeness (QED) is 0.677. The molecule has 2 N–H and O–H groups in total. The zero-order chi connectivity index (χ0) is 15.4. The second-order valence-corrected chi connectivity index (χ2v) is 4.70. The minimum atomic E-state index is -0.515. The van der Waals surface area contributed by atoms with Crippen molar-refractivity contribution in [2.75, 3.05) is 12.3 Å². The van der Waals surface area contributed by atoms with Gasteiger partial charge in [0, 0.05) is 12.7 Å². The molecule has 1 heterocycles. The van der Waals surface area contributed by atoms with Crippen LogP contribution in [0.25, 0.3) is 0 Å². The van der Waals surface area contributed by atoms with Crippen LogP contribution in [0, 0.1) is 0 Å². The number of carbonyl (C=O) groups is 2. The molecule has 21 heavy (non-hydrogen) atoms. The molecule has 2 aromatic rings. The summed E-state index contributed by atoms with van der Waals surface area (Å²) < 4.78 is 6.70. The second kappa shape index (κ2) is 6.26. The van der Waals surface area contributed by atoms with Crippen molar-refractivity contribution in [1.82, 2.24) is 4.57 Å². The van der Waals surface area contributed by atoms with Crippen LogP contribution in [0.3, 0.4) is 0 Å². The molecule has 1 aromatic heterocycles. The summed E-state index contributed by atoms with van der Waals surface area (Å²) in [6.07, 6.45) is 1.61. The van der Waals surface area contributed by atoms with Crippen LogP contribution < -0.4 is 5.73 Å². The number of benzene rings is 1. The van der Waals surface area contributed by atoms with E-state index in [2.05, 4.69) is 0 Å². The van der Waals surface area contributed by atoms with Gasteiger partial charge in [0.1, 0.15) is 0 Å². The molecule has 5 heteroatoms. The topological polar surface area (TPSA) is 74.3 Å². The van der Waals surface area contributed by atoms with E-state index in [0.29, 0.717) is 12.1 Å². The fourth-order valence-corrected chi connectivity index (χ4v) is 2.18. The molecule has 0 saturated carbocycles. The van der Waals surface area contributed by atoms with Gasteiger partial charge in [-0.15, -0.1) is 0 Å². The molecule has 5 nitrogen and oxygen atoms in total. The number of anilines is 1. The smallest absolute Gasteiger partial charge is 0.357 e. The fraction of sp³-hybridized carbons (Fsp3) is 0.250. The Morgan fingerprint density at radius 3 is 2.48 bits per heavy atom. The van der Waals surface area contributed by atoms with Crippen molar-refractivity contribution >= 4 is 17.4 Å². The number of nitrogens with zero attached hydrogens (tertiary/aromatic N) is 1. The van der Waals surface area contributed by atoms with Crippen molar-refractivity contribution in [3.8, 4) is 0 Å². The Balaban J connectivity index is 2.45. The first kappa shape index (κ1) is 14.8. The van der Waals surface area contributed by atoms with Gasteiger partial charge in [0.25, 0.3) is 0 Å². The number of hydrogen-bond donors (Lipinski definition) is 1. The van der Waals surface area contributed by atoms with Crippen molar-refractivity contribution in [1.29, 1.82) is 0 Å². The van der Waals surface area contributed by atoms with Gasteiger partial charge >= 0.3 is 5.97 Å². The summed E-state index contributed by atoms with van der Waals surface area (Å²) in [6, 6.07) is 9.63. The molecule has 110 valence electrons. The van der Waals surface area contributed by atoms with E-state index >= 15 is 0 Å². The van der Waals surface area contributed by atoms with E-state index in [1.165, 1.54) is 6.92 Å². The number of rotatable bonds is 5. The van der Waals surface area contributed by atoms with Crippen LogP contribution >= 0.6 is 0 Å². The van der Waals surface area contributed by atoms with Crippen LogP contribution in [-0.2, 0) is 11.3 Å². The monoisotopic (exact) mass is 286 g/mol. The highest BCUT2D eigenvalue weighted by Crippen LogP contribution is 2.23. The number of esters is 1. The summed E-state index contributed by atoms with van der Waals surface area (Å²) in [5, 5.41) is 0. The molecular weight excluding hydrogens is 268 g/mol. The third kappa shape index (κ3) is 3.13. The maximum absolute atomic E-state index is 12.1. The van der Waals surface area contributed by atoms with Crippen molar-refractivity contribution in [3.63, 3.8) is 0 Å². The Labute approximate surface area is 123 Å². The van der Waals surface area contributed by atoms with Crippen molar-refractivity contribution in [3.05, 3.63) is 53.3 Å². The number of ketones is 1. The highest BCUT2D eigenvalue weighted by atomic mass is 16.5. The van der Waals surface area contributed by atoms with E-state index in [4.69, 9.17) is 10.5 Å². The van der Waals surface area contributed by atoms with Gasteiger partial charge in [-0.3, -0.25) is 4.79 Å². The molecule has 0 atom stereocenters. The third-order valence-corrected chi connectivity index (χ3v) is 3.16. The predicted molar refractivity (Wildman–Crippen MR) is 80.3 cm³/mol. The lowest BCUT2D eigenvalue weighted by molar-refractivity contribution is 0.0515. The number of ether oxygens (including phenoxy) is 1. The van der Waals surface area contributed by atoms with Gasteiger partial charge in [-0.1, -0.05) is 30.3 Å². The van der Waals surface area contributed by atoms with Gasteiger partial charge in [-0.05, 0) is 19.4 Å². The Bertz CT molecular complexity index is 660. The Morgan fingerprint density at radius 1 is 1.24 bits per heavy atom. The molecule has 0 bridgehead atoms. The zero-order valence-electron chi connectivity index (χ0n) is 12.1. The summed E-state index contributed by atoms with van der Waals surface area (Å²) in [5.74, 6) is -0.691. The Kier molecular flexibility index (Phi) is 4.42. The van der Waals surface area contributed by atoms with E-state index in [1.54, 1.807) is 17.7 Å². The van der Waals surface area contributed by atoms with Gasteiger partial charge in [0.05, 0.1) is 17.9 Å². The van der Waals surface area contributed by atoms with Crippen LogP contribution in [0.1, 0.15) is 40.3 Å². The van der Waals surface area contributed by atoms with Gasteiger partial charge in [0.2, 0.25) is 0 Å². The maximum atomic E-state index is 12.1. The number of nitrogen functional groups attached to an aromatic ring is 1. The average Bonchev–Trinajstić information content (AvgIpc) is 2.77. The molecule has 0 fully saturated rings. The van der Waals surface area contributed by atoms with Crippen LogP contribution in [0.5, 0.6) is 0 Å². The minimum Gasteiger partial charge on any atom is -0.461 e. The normalized spacial score (nSPS) is 10.4. The highest BCUT2D eigenvalue weighted by molar-refractivity contribution is 6.05. The largest absolute Gasteiger partial charge is 0.461 e. The molecule has 0 saturated heterocycles. The van der Waals surface area contributed by atoms with Crippen LogP contribution in [0.2, 0.25) is 0 Å². The number of nitrogens with two attached hydrogens (primary N) is 1. The molecule has 0 spiro atoms. The molecule has 0 aliphatic carbocycles. The van der Waals surface area contributed by atoms with E-state index in [9.17, 15) is 9.59 Å². The van der Waals surface area contributed by atoms with Crippen molar-refractivity contribution in [2.45, 2.75) is 20.4 Å². The predicted octanol–water partition coefficient (Wildman–Crippen LogP) is 2.50. The Hall–Kier alpha value is -2.56. The average molecular weight is 286 g/mol. The summed E-state index contributed by atoms with van der Waals surface area (Å²) in [5.41, 5.74) is 7.70. The lowest BCUT2D eigenvalue weighted by Crippen LogP contribution is -2.14. The van der Waals surface area contributed by atoms with E-state index < -0.39 is 5.97 Å². The Morgan fingerprint density at radius 2 is 1.90 bits per heavy atom. The maximum Gasteiger partial charge on any atom is 0.357 e. The summed E-state index contributed by atoms with van der Waals surface area (Å²) in [7, 11) is 0. The van der Waals surface area contributed by atoms with E-state index in [0.717, 1.165) is 5.56 Å². The first-order valence-electron chi connectivity index (χ1n) is 6.75. The summed E-state index contributed by atoms with van der Waals surface area (Å²) in [4.78, 5) is 23.7. The summed E-state index contributed by atoms with van der Waals surface area (Å²) in [6.45, 7) is 3.86. The van der Waals surface area contributed by atoms with E-state index in [-0.39, 0.29) is 23.8 Å². The van der Waals surface area contributed by atoms with Crippen LogP contribution in [-0.4, -0.2) is 22.9 Å². The molecule has 2 rings (SSSR count). The third-order valence-electron chi connectivity index (χ3n) is 3.16. The molecule has 0 aliphatic heterocycles. The van der Waals surface area contributed by atoms with Gasteiger partial charge < -0.3 is 15.0 Å². The lowest BCUT2D eigenvalue weighted by Gasteiger charge is -2.09.